The number of rotatable bonds is 3. The molecule has 5 heteroatoms. The van der Waals surface area contributed by atoms with Crippen molar-refractivity contribution in [2.75, 3.05) is 26.7 Å². The molecule has 0 bridgehead atoms. The second-order valence-electron chi connectivity index (χ2n) is 3.67. The molecule has 2 atom stereocenters. The lowest BCUT2D eigenvalue weighted by molar-refractivity contribution is -0.165. The first-order valence-electron chi connectivity index (χ1n) is 4.82. The summed E-state index contributed by atoms with van der Waals surface area (Å²) in [6, 6.07) is 0. The van der Waals surface area contributed by atoms with E-state index in [9.17, 15) is 4.79 Å². The number of carbonyl (C=O) groups is 1. The number of hydrogen-bond donors (Lipinski definition) is 0. The molecule has 0 aromatic heterocycles. The maximum absolute atomic E-state index is 11.3. The Morgan fingerprint density at radius 2 is 2.33 bits per heavy atom. The molecular formula is C10H16BrNO3. The maximum atomic E-state index is 11.3. The van der Waals surface area contributed by atoms with E-state index in [1.165, 1.54) is 7.11 Å². The molecule has 1 rings (SSSR count). The lowest BCUT2D eigenvalue weighted by Gasteiger charge is -2.35. The number of esters is 1. The van der Waals surface area contributed by atoms with E-state index in [1.807, 2.05) is 6.92 Å². The van der Waals surface area contributed by atoms with Gasteiger partial charge in [0.25, 0.3) is 0 Å². The van der Waals surface area contributed by atoms with E-state index in [1.54, 1.807) is 0 Å². The van der Waals surface area contributed by atoms with E-state index >= 15 is 0 Å². The van der Waals surface area contributed by atoms with Gasteiger partial charge in [0, 0.05) is 24.1 Å². The standard InChI is InChI=1S/C10H16BrNO3/c1-7(11)4-12-5-8(2)15-9(6-12)10(13)14-3/h8-9H,1,4-6H2,2-3H3/t8-,9-/m1/s1. The van der Waals surface area contributed by atoms with E-state index in [2.05, 4.69) is 32.1 Å². The zero-order valence-electron chi connectivity index (χ0n) is 9.03. The van der Waals surface area contributed by atoms with Gasteiger partial charge in [-0.3, -0.25) is 4.90 Å². The van der Waals surface area contributed by atoms with Crippen molar-refractivity contribution in [1.29, 1.82) is 0 Å². The van der Waals surface area contributed by atoms with Crippen molar-refractivity contribution in [2.45, 2.75) is 19.1 Å². The van der Waals surface area contributed by atoms with Gasteiger partial charge < -0.3 is 9.47 Å². The van der Waals surface area contributed by atoms with Gasteiger partial charge >= 0.3 is 5.97 Å². The van der Waals surface area contributed by atoms with Gasteiger partial charge in [0.2, 0.25) is 0 Å². The highest BCUT2D eigenvalue weighted by Gasteiger charge is 2.30. The fraction of sp³-hybridized carbons (Fsp3) is 0.700. The summed E-state index contributed by atoms with van der Waals surface area (Å²) in [5.74, 6) is -0.313. The number of hydrogen-bond acceptors (Lipinski definition) is 4. The summed E-state index contributed by atoms with van der Waals surface area (Å²) in [7, 11) is 1.37. The molecule has 15 heavy (non-hydrogen) atoms. The molecule has 0 aliphatic carbocycles. The lowest BCUT2D eigenvalue weighted by atomic mass is 10.2. The van der Waals surface area contributed by atoms with Crippen molar-refractivity contribution in [2.24, 2.45) is 0 Å². The van der Waals surface area contributed by atoms with Gasteiger partial charge in [0.05, 0.1) is 13.2 Å². The van der Waals surface area contributed by atoms with E-state index < -0.39 is 6.10 Å². The molecule has 1 heterocycles. The first-order valence-corrected chi connectivity index (χ1v) is 5.61. The third kappa shape index (κ3) is 3.93. The van der Waals surface area contributed by atoms with Crippen LogP contribution in [0.3, 0.4) is 0 Å². The summed E-state index contributed by atoms with van der Waals surface area (Å²) in [5, 5.41) is 0. The molecule has 1 aliphatic heterocycles. The molecule has 0 N–H and O–H groups in total. The van der Waals surface area contributed by atoms with E-state index in [-0.39, 0.29) is 12.1 Å². The number of nitrogens with zero attached hydrogens (tertiary/aromatic N) is 1. The number of methoxy groups -OCH3 is 1. The Labute approximate surface area is 98.3 Å². The first-order chi connectivity index (χ1) is 7.02. The van der Waals surface area contributed by atoms with Crippen LogP contribution >= 0.6 is 15.9 Å². The normalized spacial score (nSPS) is 27.4. The summed E-state index contributed by atoms with van der Waals surface area (Å²) in [4.78, 5) is 13.5. The third-order valence-corrected chi connectivity index (χ3v) is 2.45. The number of ether oxygens (including phenoxy) is 2. The zero-order chi connectivity index (χ0) is 11.4. The molecule has 0 saturated carbocycles. The van der Waals surface area contributed by atoms with Crippen LogP contribution < -0.4 is 0 Å². The van der Waals surface area contributed by atoms with Crippen LogP contribution in [0.2, 0.25) is 0 Å². The van der Waals surface area contributed by atoms with Crippen LogP contribution in [0.4, 0.5) is 0 Å². The second kappa shape index (κ2) is 5.63. The molecular weight excluding hydrogens is 262 g/mol. The van der Waals surface area contributed by atoms with Crippen LogP contribution in [0.15, 0.2) is 11.1 Å². The van der Waals surface area contributed by atoms with Crippen LogP contribution in [0, 0.1) is 0 Å². The van der Waals surface area contributed by atoms with E-state index in [0.29, 0.717) is 6.54 Å². The van der Waals surface area contributed by atoms with Crippen molar-refractivity contribution >= 4 is 21.9 Å². The smallest absolute Gasteiger partial charge is 0.336 e. The quantitative estimate of drug-likeness (QED) is 0.726. The van der Waals surface area contributed by atoms with Gasteiger partial charge in [0.15, 0.2) is 6.10 Å². The number of morpholine rings is 1. The Bertz CT molecular complexity index is 257. The van der Waals surface area contributed by atoms with Crippen molar-refractivity contribution in [3.63, 3.8) is 0 Å². The average molecular weight is 278 g/mol. The van der Waals surface area contributed by atoms with Crippen LogP contribution in [-0.4, -0.2) is 49.8 Å². The third-order valence-electron chi connectivity index (χ3n) is 2.20. The molecule has 4 nitrogen and oxygen atoms in total. The Balaban J connectivity index is 2.55. The molecule has 1 saturated heterocycles. The average Bonchev–Trinajstić information content (AvgIpc) is 2.14. The highest BCUT2D eigenvalue weighted by atomic mass is 79.9. The van der Waals surface area contributed by atoms with Crippen molar-refractivity contribution in [3.05, 3.63) is 11.1 Å². The summed E-state index contributed by atoms with van der Waals surface area (Å²) >= 11 is 3.31. The summed E-state index contributed by atoms with van der Waals surface area (Å²) in [5.41, 5.74) is 0. The Hall–Kier alpha value is -0.390. The molecule has 0 aromatic rings. The molecule has 1 fully saturated rings. The van der Waals surface area contributed by atoms with Gasteiger partial charge in [-0.05, 0) is 6.92 Å². The second-order valence-corrected chi connectivity index (χ2v) is 4.79. The van der Waals surface area contributed by atoms with Crippen molar-refractivity contribution in [3.8, 4) is 0 Å². The highest BCUT2D eigenvalue weighted by molar-refractivity contribution is 9.11. The van der Waals surface area contributed by atoms with Crippen LogP contribution in [-0.2, 0) is 14.3 Å². The monoisotopic (exact) mass is 277 g/mol. The molecule has 0 radical (unpaired) electrons. The Morgan fingerprint density at radius 1 is 1.67 bits per heavy atom. The zero-order valence-corrected chi connectivity index (χ0v) is 10.6. The summed E-state index contributed by atoms with van der Waals surface area (Å²) in [6.45, 7) is 7.81. The first kappa shape index (κ1) is 12.7. The molecule has 86 valence electrons. The Kier molecular flexibility index (Phi) is 4.76. The van der Waals surface area contributed by atoms with Crippen LogP contribution in [0.1, 0.15) is 6.92 Å². The van der Waals surface area contributed by atoms with E-state index in [4.69, 9.17) is 4.74 Å². The van der Waals surface area contributed by atoms with Crippen LogP contribution in [0.25, 0.3) is 0 Å². The number of halogens is 1. The Morgan fingerprint density at radius 3 is 2.87 bits per heavy atom. The fourth-order valence-corrected chi connectivity index (χ4v) is 2.03. The molecule has 0 unspecified atom stereocenters. The molecule has 0 aromatic carbocycles. The minimum Gasteiger partial charge on any atom is -0.467 e. The minimum absolute atomic E-state index is 0.0368. The van der Waals surface area contributed by atoms with Crippen molar-refractivity contribution < 1.29 is 14.3 Å². The molecule has 0 spiro atoms. The predicted molar refractivity (Wildman–Crippen MR) is 60.9 cm³/mol. The maximum Gasteiger partial charge on any atom is 0.336 e. The molecule has 0 amide bonds. The van der Waals surface area contributed by atoms with Crippen LogP contribution in [0.5, 0.6) is 0 Å². The summed E-state index contributed by atoms with van der Waals surface area (Å²) in [6.07, 6.45) is -0.444. The van der Waals surface area contributed by atoms with Gasteiger partial charge in [-0.25, -0.2) is 4.79 Å². The predicted octanol–water partition coefficient (Wildman–Crippen LogP) is 1.16. The van der Waals surface area contributed by atoms with Gasteiger partial charge in [0.1, 0.15) is 0 Å². The topological polar surface area (TPSA) is 38.8 Å². The van der Waals surface area contributed by atoms with Gasteiger partial charge in [-0.15, -0.1) is 0 Å². The SMILES string of the molecule is C=C(Br)CN1C[C@@H](C)O[C@@H](C(=O)OC)C1. The highest BCUT2D eigenvalue weighted by Crippen LogP contribution is 2.14. The molecule has 1 aliphatic rings. The largest absolute Gasteiger partial charge is 0.467 e. The van der Waals surface area contributed by atoms with Gasteiger partial charge in [-0.2, -0.15) is 0 Å². The van der Waals surface area contributed by atoms with E-state index in [0.717, 1.165) is 17.6 Å². The van der Waals surface area contributed by atoms with Gasteiger partial charge in [-0.1, -0.05) is 22.5 Å². The summed E-state index contributed by atoms with van der Waals surface area (Å²) < 4.78 is 11.1. The minimum atomic E-state index is -0.481. The number of carbonyl (C=O) groups excluding carboxylic acids is 1. The van der Waals surface area contributed by atoms with Crippen molar-refractivity contribution in [1.82, 2.24) is 4.90 Å². The lowest BCUT2D eigenvalue weighted by Crippen LogP contribution is -2.50. The fourth-order valence-electron chi connectivity index (χ4n) is 1.67.